The lowest BCUT2D eigenvalue weighted by atomic mass is 9.90. The number of likely N-dealkylation sites (N-methyl/N-ethyl adjacent to an activating group) is 1. The molecule has 4 rings (SSSR count). The number of hydrogen-bond acceptors (Lipinski definition) is 3. The lowest BCUT2D eigenvalue weighted by Gasteiger charge is -2.38. The number of halogens is 1. The molecule has 2 fully saturated rings. The van der Waals surface area contributed by atoms with Gasteiger partial charge < -0.3 is 15.0 Å². The minimum atomic E-state index is -0.0394. The first-order valence-corrected chi connectivity index (χ1v) is 8.47. The van der Waals surface area contributed by atoms with Gasteiger partial charge in [-0.25, -0.2) is 0 Å². The summed E-state index contributed by atoms with van der Waals surface area (Å²) in [6.07, 6.45) is 5.53. The lowest BCUT2D eigenvalue weighted by molar-refractivity contribution is -0.135. The number of rotatable bonds is 2. The summed E-state index contributed by atoms with van der Waals surface area (Å²) in [6, 6.07) is 9.60. The van der Waals surface area contributed by atoms with Crippen molar-refractivity contribution in [2.75, 3.05) is 13.7 Å². The maximum Gasteiger partial charge on any atom is 0.230 e. The number of benzene rings is 1. The zero-order valence-electron chi connectivity index (χ0n) is 13.5. The fourth-order valence-corrected chi connectivity index (χ4v) is 4.37. The summed E-state index contributed by atoms with van der Waals surface area (Å²) in [5, 5.41) is 3.65. The normalized spacial score (nSPS) is 31.5. The van der Waals surface area contributed by atoms with Crippen molar-refractivity contribution in [3.05, 3.63) is 29.8 Å². The van der Waals surface area contributed by atoms with Gasteiger partial charge in [-0.3, -0.25) is 4.79 Å². The van der Waals surface area contributed by atoms with Gasteiger partial charge in [-0.15, -0.1) is 12.4 Å². The van der Waals surface area contributed by atoms with Crippen molar-refractivity contribution in [2.24, 2.45) is 0 Å². The van der Waals surface area contributed by atoms with Crippen molar-refractivity contribution in [1.29, 1.82) is 0 Å². The first kappa shape index (κ1) is 16.6. The molecule has 3 unspecified atom stereocenters. The molecule has 2 saturated heterocycles. The van der Waals surface area contributed by atoms with Crippen LogP contribution in [0.3, 0.4) is 0 Å². The van der Waals surface area contributed by atoms with E-state index < -0.39 is 0 Å². The van der Waals surface area contributed by atoms with Crippen LogP contribution in [0.15, 0.2) is 24.3 Å². The molecule has 3 aliphatic heterocycles. The molecule has 0 saturated carbocycles. The quantitative estimate of drug-likeness (QED) is 0.903. The van der Waals surface area contributed by atoms with Crippen LogP contribution in [-0.4, -0.2) is 42.6 Å². The topological polar surface area (TPSA) is 41.6 Å². The van der Waals surface area contributed by atoms with Gasteiger partial charge in [0.05, 0.1) is 12.5 Å². The number of piperidine rings is 1. The molecule has 4 nitrogen and oxygen atoms in total. The zero-order valence-corrected chi connectivity index (χ0v) is 14.3. The summed E-state index contributed by atoms with van der Waals surface area (Å²) in [5.74, 6) is 1.11. The van der Waals surface area contributed by atoms with Gasteiger partial charge in [-0.2, -0.15) is 0 Å². The predicted octanol–water partition coefficient (Wildman–Crippen LogP) is 2.72. The third-order valence-electron chi connectivity index (χ3n) is 5.60. The number of fused-ring (bicyclic) bond motifs is 3. The highest BCUT2D eigenvalue weighted by molar-refractivity contribution is 5.85. The molecule has 23 heavy (non-hydrogen) atoms. The third-order valence-corrected chi connectivity index (χ3v) is 5.60. The molecule has 1 aromatic rings. The summed E-state index contributed by atoms with van der Waals surface area (Å²) >= 11 is 0. The van der Waals surface area contributed by atoms with E-state index in [9.17, 15) is 4.79 Å². The van der Waals surface area contributed by atoms with E-state index in [0.29, 0.717) is 24.7 Å². The zero-order chi connectivity index (χ0) is 15.1. The second-order valence-electron chi connectivity index (χ2n) is 6.94. The molecule has 2 bridgehead atoms. The van der Waals surface area contributed by atoms with Gasteiger partial charge >= 0.3 is 0 Å². The first-order chi connectivity index (χ1) is 10.7. The van der Waals surface area contributed by atoms with Crippen LogP contribution in [0.5, 0.6) is 5.75 Å². The molecule has 3 heterocycles. The summed E-state index contributed by atoms with van der Waals surface area (Å²) in [6.45, 7) is 0.638. The van der Waals surface area contributed by atoms with E-state index in [0.717, 1.165) is 30.6 Å². The SMILES string of the molecule is CN(C(=O)C1CCOc2ccccc21)C1CC2CCC(C1)N2.Cl. The third kappa shape index (κ3) is 3.07. The van der Waals surface area contributed by atoms with Crippen LogP contribution in [0.4, 0.5) is 0 Å². The molecule has 0 radical (unpaired) electrons. The Bertz CT molecular complexity index is 568. The smallest absolute Gasteiger partial charge is 0.230 e. The monoisotopic (exact) mass is 336 g/mol. The largest absolute Gasteiger partial charge is 0.493 e. The van der Waals surface area contributed by atoms with Crippen molar-refractivity contribution in [2.45, 2.75) is 56.1 Å². The van der Waals surface area contributed by atoms with E-state index in [1.165, 1.54) is 12.8 Å². The Morgan fingerprint density at radius 2 is 1.87 bits per heavy atom. The van der Waals surface area contributed by atoms with Crippen molar-refractivity contribution in [3.63, 3.8) is 0 Å². The summed E-state index contributed by atoms with van der Waals surface area (Å²) < 4.78 is 5.69. The van der Waals surface area contributed by atoms with Crippen molar-refractivity contribution < 1.29 is 9.53 Å². The molecular formula is C18H25ClN2O2. The molecule has 5 heteroatoms. The number of nitrogens with zero attached hydrogens (tertiary/aromatic N) is 1. The number of carbonyl (C=O) groups is 1. The summed E-state index contributed by atoms with van der Waals surface area (Å²) in [7, 11) is 2.00. The maximum absolute atomic E-state index is 13.0. The van der Waals surface area contributed by atoms with E-state index in [2.05, 4.69) is 5.32 Å². The number of ether oxygens (including phenoxy) is 1. The summed E-state index contributed by atoms with van der Waals surface area (Å²) in [4.78, 5) is 15.1. The van der Waals surface area contributed by atoms with Crippen molar-refractivity contribution in [3.8, 4) is 5.75 Å². The van der Waals surface area contributed by atoms with Crippen LogP contribution in [0.25, 0.3) is 0 Å². The fourth-order valence-electron chi connectivity index (χ4n) is 4.37. The summed E-state index contributed by atoms with van der Waals surface area (Å²) in [5.41, 5.74) is 1.06. The number of para-hydroxylation sites is 1. The van der Waals surface area contributed by atoms with Crippen LogP contribution in [0, 0.1) is 0 Å². The number of amides is 1. The van der Waals surface area contributed by atoms with Crippen LogP contribution < -0.4 is 10.1 Å². The Balaban J connectivity index is 0.00000156. The van der Waals surface area contributed by atoms with Crippen LogP contribution in [-0.2, 0) is 4.79 Å². The highest BCUT2D eigenvalue weighted by atomic mass is 35.5. The minimum Gasteiger partial charge on any atom is -0.493 e. The van der Waals surface area contributed by atoms with Gasteiger partial charge in [0.1, 0.15) is 5.75 Å². The second-order valence-corrected chi connectivity index (χ2v) is 6.94. The van der Waals surface area contributed by atoms with Crippen LogP contribution >= 0.6 is 12.4 Å². The van der Waals surface area contributed by atoms with Gasteiger partial charge in [0.2, 0.25) is 5.91 Å². The standard InChI is InChI=1S/C18H24N2O2.ClH/c1-20(14-10-12-6-7-13(11-14)19-12)18(21)16-8-9-22-17-5-3-2-4-15(16)17;/h2-5,12-14,16,19H,6-11H2,1H3;1H. The van der Waals surface area contributed by atoms with Gasteiger partial charge in [-0.1, -0.05) is 18.2 Å². The molecule has 0 aliphatic carbocycles. The van der Waals surface area contributed by atoms with Crippen molar-refractivity contribution >= 4 is 18.3 Å². The highest BCUT2D eigenvalue weighted by Gasteiger charge is 2.38. The maximum atomic E-state index is 13.0. The molecule has 126 valence electrons. The van der Waals surface area contributed by atoms with E-state index >= 15 is 0 Å². The highest BCUT2D eigenvalue weighted by Crippen LogP contribution is 2.36. The van der Waals surface area contributed by atoms with Gasteiger partial charge in [0, 0.05) is 30.7 Å². The van der Waals surface area contributed by atoms with E-state index in [4.69, 9.17) is 4.74 Å². The average Bonchev–Trinajstić information content (AvgIpc) is 2.91. The molecule has 1 amide bonds. The number of hydrogen-bond donors (Lipinski definition) is 1. The second kappa shape index (κ2) is 6.70. The van der Waals surface area contributed by atoms with Crippen LogP contribution in [0.1, 0.15) is 43.6 Å². The van der Waals surface area contributed by atoms with Crippen LogP contribution in [0.2, 0.25) is 0 Å². The van der Waals surface area contributed by atoms with E-state index in [-0.39, 0.29) is 24.2 Å². The lowest BCUT2D eigenvalue weighted by Crippen LogP contribution is -2.50. The van der Waals surface area contributed by atoms with E-state index in [1.54, 1.807) is 0 Å². The van der Waals surface area contributed by atoms with Gasteiger partial charge in [0.15, 0.2) is 0 Å². The molecule has 0 aromatic heterocycles. The van der Waals surface area contributed by atoms with E-state index in [1.807, 2.05) is 36.2 Å². The number of nitrogens with one attached hydrogen (secondary N) is 1. The predicted molar refractivity (Wildman–Crippen MR) is 92.3 cm³/mol. The van der Waals surface area contributed by atoms with Gasteiger partial charge in [0.25, 0.3) is 0 Å². The molecule has 0 spiro atoms. The Hall–Kier alpha value is -1.26. The molecule has 1 aromatic carbocycles. The molecule has 1 N–H and O–H groups in total. The minimum absolute atomic E-state index is 0. The van der Waals surface area contributed by atoms with Gasteiger partial charge in [-0.05, 0) is 38.2 Å². The number of carbonyl (C=O) groups excluding carboxylic acids is 1. The fraction of sp³-hybridized carbons (Fsp3) is 0.611. The molecule has 3 aliphatic rings. The van der Waals surface area contributed by atoms with Crippen molar-refractivity contribution in [1.82, 2.24) is 10.2 Å². The first-order valence-electron chi connectivity index (χ1n) is 8.47. The molecule has 3 atom stereocenters. The Morgan fingerprint density at radius 1 is 1.17 bits per heavy atom. The average molecular weight is 337 g/mol. The Kier molecular flexibility index (Phi) is 4.83. The Morgan fingerprint density at radius 3 is 2.61 bits per heavy atom. The Labute approximate surface area is 144 Å². The molecular weight excluding hydrogens is 312 g/mol.